The van der Waals surface area contributed by atoms with Crippen molar-refractivity contribution in [3.63, 3.8) is 0 Å². The summed E-state index contributed by atoms with van der Waals surface area (Å²) in [4.78, 5) is 23.2. The number of benzene rings is 1. The first kappa shape index (κ1) is 20.9. The van der Waals surface area contributed by atoms with Gasteiger partial charge in [-0.2, -0.15) is 0 Å². The molecule has 2 aliphatic heterocycles. The molecule has 3 aromatic rings. The Hall–Kier alpha value is -3.00. The van der Waals surface area contributed by atoms with Gasteiger partial charge in [-0.1, -0.05) is 42.5 Å². The second kappa shape index (κ2) is 9.65. The van der Waals surface area contributed by atoms with Crippen molar-refractivity contribution in [1.29, 1.82) is 0 Å². The molecule has 1 fully saturated rings. The maximum absolute atomic E-state index is 13.5. The molecule has 1 unspecified atom stereocenters. The van der Waals surface area contributed by atoms with E-state index in [4.69, 9.17) is 0 Å². The van der Waals surface area contributed by atoms with Crippen LogP contribution < -0.4 is 10.4 Å². The normalized spacial score (nSPS) is 19.4. The first-order valence-corrected chi connectivity index (χ1v) is 11.9. The third kappa shape index (κ3) is 4.60. The number of thiophene rings is 1. The third-order valence-corrected chi connectivity index (χ3v) is 6.91. The summed E-state index contributed by atoms with van der Waals surface area (Å²) in [6.07, 6.45) is 7.51. The van der Waals surface area contributed by atoms with E-state index in [2.05, 4.69) is 51.7 Å². The average Bonchev–Trinajstić information content (AvgIpc) is 3.55. The van der Waals surface area contributed by atoms with Gasteiger partial charge in [0.05, 0.1) is 4.88 Å². The van der Waals surface area contributed by atoms with Crippen molar-refractivity contribution >= 4 is 23.1 Å². The Kier molecular flexibility index (Phi) is 6.29. The molecule has 1 saturated heterocycles. The first-order valence-electron chi connectivity index (χ1n) is 11.0. The molecule has 32 heavy (non-hydrogen) atoms. The van der Waals surface area contributed by atoms with Crippen molar-refractivity contribution in [2.24, 2.45) is 0 Å². The molecule has 1 N–H and O–H groups in total. The molecular weight excluding hydrogens is 418 g/mol. The van der Waals surface area contributed by atoms with Gasteiger partial charge in [-0.05, 0) is 48.1 Å². The number of hydrogen-bond acceptors (Lipinski definition) is 6. The fourth-order valence-corrected chi connectivity index (χ4v) is 5.10. The third-order valence-electron chi connectivity index (χ3n) is 6.05. The Morgan fingerprint density at radius 3 is 2.59 bits per heavy atom. The van der Waals surface area contributed by atoms with Crippen molar-refractivity contribution in [2.45, 2.75) is 31.6 Å². The SMILES string of the molecule is O=C(c1cccs1)N(C1CCN(Cc2ccccc2)CC1)C1C=CN(c2ccccn2)N1. The van der Waals surface area contributed by atoms with Crippen LogP contribution in [0.2, 0.25) is 0 Å². The maximum Gasteiger partial charge on any atom is 0.265 e. The maximum atomic E-state index is 13.5. The molecule has 0 saturated carbocycles. The highest BCUT2D eigenvalue weighted by Gasteiger charge is 2.35. The van der Waals surface area contributed by atoms with Crippen LogP contribution in [0.1, 0.15) is 28.1 Å². The summed E-state index contributed by atoms with van der Waals surface area (Å²) in [6.45, 7) is 2.92. The number of likely N-dealkylation sites (tertiary alicyclic amines) is 1. The number of rotatable bonds is 6. The highest BCUT2D eigenvalue weighted by molar-refractivity contribution is 7.12. The van der Waals surface area contributed by atoms with Crippen molar-refractivity contribution in [1.82, 2.24) is 20.2 Å². The molecule has 6 nitrogen and oxygen atoms in total. The van der Waals surface area contributed by atoms with E-state index in [1.807, 2.05) is 51.8 Å². The minimum atomic E-state index is -0.197. The molecule has 0 aliphatic carbocycles. The van der Waals surface area contributed by atoms with Gasteiger partial charge in [-0.15, -0.1) is 11.3 Å². The highest BCUT2D eigenvalue weighted by atomic mass is 32.1. The quantitative estimate of drug-likeness (QED) is 0.619. The zero-order valence-electron chi connectivity index (χ0n) is 17.9. The number of aromatic nitrogens is 1. The van der Waals surface area contributed by atoms with E-state index in [-0.39, 0.29) is 18.1 Å². The molecule has 1 atom stereocenters. The lowest BCUT2D eigenvalue weighted by Crippen LogP contribution is -2.56. The Morgan fingerprint density at radius 2 is 1.88 bits per heavy atom. The van der Waals surface area contributed by atoms with Crippen LogP contribution in [0.25, 0.3) is 0 Å². The van der Waals surface area contributed by atoms with E-state index in [9.17, 15) is 4.79 Å². The van der Waals surface area contributed by atoms with Crippen LogP contribution in [0, 0.1) is 0 Å². The molecule has 2 aromatic heterocycles. The summed E-state index contributed by atoms with van der Waals surface area (Å²) in [6, 6.07) is 20.4. The second-order valence-corrected chi connectivity index (χ2v) is 9.10. The topological polar surface area (TPSA) is 51.7 Å². The van der Waals surface area contributed by atoms with Gasteiger partial charge in [0.2, 0.25) is 0 Å². The number of carbonyl (C=O) groups excluding carboxylic acids is 1. The number of hydrogen-bond donors (Lipinski definition) is 1. The van der Waals surface area contributed by atoms with Crippen LogP contribution in [0.15, 0.2) is 84.5 Å². The fourth-order valence-electron chi connectivity index (χ4n) is 4.43. The first-order chi connectivity index (χ1) is 15.8. The largest absolute Gasteiger partial charge is 0.314 e. The van der Waals surface area contributed by atoms with E-state index in [0.717, 1.165) is 43.2 Å². The molecule has 4 heterocycles. The lowest BCUT2D eigenvalue weighted by molar-refractivity contribution is 0.0463. The zero-order chi connectivity index (χ0) is 21.8. The van der Waals surface area contributed by atoms with Gasteiger partial charge in [-0.3, -0.25) is 14.7 Å². The van der Waals surface area contributed by atoms with Crippen LogP contribution in [0.5, 0.6) is 0 Å². The van der Waals surface area contributed by atoms with Crippen molar-refractivity contribution in [3.05, 3.63) is 95.0 Å². The van der Waals surface area contributed by atoms with E-state index < -0.39 is 0 Å². The minimum absolute atomic E-state index is 0.0894. The number of amides is 1. The van der Waals surface area contributed by atoms with Crippen LogP contribution >= 0.6 is 11.3 Å². The summed E-state index contributed by atoms with van der Waals surface area (Å²) in [5.74, 6) is 0.902. The minimum Gasteiger partial charge on any atom is -0.314 e. The average molecular weight is 446 g/mol. The predicted octanol–water partition coefficient (Wildman–Crippen LogP) is 4.11. The lowest BCUT2D eigenvalue weighted by Gasteiger charge is -2.41. The molecule has 164 valence electrons. The standard InChI is InChI=1S/C25H27N5OS/c31-25(22-9-6-18-32-22)30(24-13-17-29(27-24)23-10-4-5-14-26-23)21-11-15-28(16-12-21)19-20-7-2-1-3-8-20/h1-10,13-14,17-18,21,24,27H,11-12,15-16,19H2. The van der Waals surface area contributed by atoms with E-state index in [0.29, 0.717) is 0 Å². The van der Waals surface area contributed by atoms with Crippen molar-refractivity contribution in [2.75, 3.05) is 18.1 Å². The zero-order valence-corrected chi connectivity index (χ0v) is 18.7. The van der Waals surface area contributed by atoms with Gasteiger partial charge >= 0.3 is 0 Å². The molecule has 0 bridgehead atoms. The highest BCUT2D eigenvalue weighted by Crippen LogP contribution is 2.26. The van der Waals surface area contributed by atoms with Gasteiger partial charge in [0.15, 0.2) is 0 Å². The molecule has 2 aliphatic rings. The monoisotopic (exact) mass is 445 g/mol. The summed E-state index contributed by atoms with van der Waals surface area (Å²) in [5, 5.41) is 3.86. The smallest absolute Gasteiger partial charge is 0.265 e. The van der Waals surface area contributed by atoms with Gasteiger partial charge < -0.3 is 4.90 Å². The van der Waals surface area contributed by atoms with E-state index in [1.165, 1.54) is 16.9 Å². The van der Waals surface area contributed by atoms with Crippen LogP contribution in [0.4, 0.5) is 5.82 Å². The lowest BCUT2D eigenvalue weighted by atomic mass is 10.0. The summed E-state index contributed by atoms with van der Waals surface area (Å²) in [7, 11) is 0. The van der Waals surface area contributed by atoms with Gasteiger partial charge in [-0.25, -0.2) is 10.4 Å². The molecular formula is C25H27N5OS. The van der Waals surface area contributed by atoms with E-state index >= 15 is 0 Å². The number of carbonyl (C=O) groups is 1. The van der Waals surface area contributed by atoms with Crippen molar-refractivity contribution < 1.29 is 4.79 Å². The molecule has 1 amide bonds. The predicted molar refractivity (Wildman–Crippen MR) is 128 cm³/mol. The molecule has 1 aromatic carbocycles. The van der Waals surface area contributed by atoms with Gasteiger partial charge in [0.25, 0.3) is 5.91 Å². The van der Waals surface area contributed by atoms with Crippen LogP contribution in [-0.4, -0.2) is 46.0 Å². The number of anilines is 1. The summed E-state index contributed by atoms with van der Waals surface area (Å²) >= 11 is 1.50. The number of piperidine rings is 1. The number of nitrogens with one attached hydrogen (secondary N) is 1. The molecule has 0 radical (unpaired) electrons. The second-order valence-electron chi connectivity index (χ2n) is 8.16. The number of nitrogens with zero attached hydrogens (tertiary/aromatic N) is 4. The Bertz CT molecular complexity index is 1030. The summed E-state index contributed by atoms with van der Waals surface area (Å²) < 4.78 is 0. The van der Waals surface area contributed by atoms with Crippen molar-refractivity contribution in [3.8, 4) is 0 Å². The number of pyridine rings is 1. The van der Waals surface area contributed by atoms with Crippen LogP contribution in [0.3, 0.4) is 0 Å². The van der Waals surface area contributed by atoms with Crippen LogP contribution in [-0.2, 0) is 6.54 Å². The Balaban J connectivity index is 1.29. The molecule has 5 rings (SSSR count). The number of hydrazine groups is 1. The van der Waals surface area contributed by atoms with Gasteiger partial charge in [0, 0.05) is 38.1 Å². The Morgan fingerprint density at radius 1 is 1.06 bits per heavy atom. The molecule has 7 heteroatoms. The van der Waals surface area contributed by atoms with E-state index in [1.54, 1.807) is 6.20 Å². The fraction of sp³-hybridized carbons (Fsp3) is 0.280. The summed E-state index contributed by atoms with van der Waals surface area (Å²) in [5.41, 5.74) is 4.79. The molecule has 0 spiro atoms. The van der Waals surface area contributed by atoms with Gasteiger partial charge in [0.1, 0.15) is 12.0 Å². The Labute approximate surface area is 192 Å².